The van der Waals surface area contributed by atoms with Gasteiger partial charge in [-0.1, -0.05) is 0 Å². The molecule has 0 saturated heterocycles. The van der Waals surface area contributed by atoms with Crippen molar-refractivity contribution in [1.82, 2.24) is 15.1 Å². The van der Waals surface area contributed by atoms with Crippen molar-refractivity contribution in [3.8, 4) is 0 Å². The predicted molar refractivity (Wildman–Crippen MR) is 69.2 cm³/mol. The molecule has 1 fully saturated rings. The maximum absolute atomic E-state index is 8.81. The van der Waals surface area contributed by atoms with Crippen LogP contribution in [0.4, 0.5) is 0 Å². The summed E-state index contributed by atoms with van der Waals surface area (Å²) in [6, 6.07) is 0. The minimum absolute atomic E-state index is 0.134. The molecule has 0 radical (unpaired) electrons. The lowest BCUT2D eigenvalue weighted by Gasteiger charge is -2.14. The van der Waals surface area contributed by atoms with E-state index >= 15 is 0 Å². The molecule has 1 aliphatic rings. The summed E-state index contributed by atoms with van der Waals surface area (Å²) in [5.74, 6) is 0. The smallest absolute Gasteiger partial charge is 0.0640 e. The standard InChI is InChI=1S/C13H23N3O2/c1-18-7-4-13(2-3-13)11-14-8-12-9-15-16(10-12)5-6-17/h9-10,14,17H,2-8,11H2,1H3. The number of aliphatic hydroxyl groups excluding tert-OH is 1. The summed E-state index contributed by atoms with van der Waals surface area (Å²) >= 11 is 0. The first-order valence-corrected chi connectivity index (χ1v) is 6.60. The third-order valence-corrected chi connectivity index (χ3v) is 3.64. The van der Waals surface area contributed by atoms with Crippen molar-refractivity contribution in [2.24, 2.45) is 5.41 Å². The van der Waals surface area contributed by atoms with Crippen LogP contribution in [-0.4, -0.2) is 41.8 Å². The van der Waals surface area contributed by atoms with E-state index in [-0.39, 0.29) is 6.61 Å². The molecule has 18 heavy (non-hydrogen) atoms. The summed E-state index contributed by atoms with van der Waals surface area (Å²) in [4.78, 5) is 0. The Balaban J connectivity index is 1.68. The fraction of sp³-hybridized carbons (Fsp3) is 0.769. The Bertz CT molecular complexity index is 361. The molecule has 1 aliphatic carbocycles. The summed E-state index contributed by atoms with van der Waals surface area (Å²) in [5, 5.41) is 16.5. The van der Waals surface area contributed by atoms with Crippen LogP contribution in [0.1, 0.15) is 24.8 Å². The molecule has 0 aliphatic heterocycles. The lowest BCUT2D eigenvalue weighted by atomic mass is 10.0. The zero-order chi connectivity index (χ0) is 12.8. The third kappa shape index (κ3) is 3.80. The SMILES string of the molecule is COCCC1(CNCc2cnn(CCO)c2)CC1. The van der Waals surface area contributed by atoms with Gasteiger partial charge in [0.15, 0.2) is 0 Å². The van der Waals surface area contributed by atoms with Crippen molar-refractivity contribution in [2.45, 2.75) is 32.4 Å². The molecule has 0 atom stereocenters. The minimum Gasteiger partial charge on any atom is -0.394 e. The average molecular weight is 253 g/mol. The van der Waals surface area contributed by atoms with Crippen LogP contribution in [0, 0.1) is 5.41 Å². The molecule has 0 spiro atoms. The Morgan fingerprint density at radius 2 is 2.39 bits per heavy atom. The third-order valence-electron chi connectivity index (χ3n) is 3.64. The van der Waals surface area contributed by atoms with Gasteiger partial charge in [0, 0.05) is 38.6 Å². The highest BCUT2D eigenvalue weighted by atomic mass is 16.5. The maximum atomic E-state index is 8.81. The van der Waals surface area contributed by atoms with Gasteiger partial charge in [-0.2, -0.15) is 5.10 Å². The summed E-state index contributed by atoms with van der Waals surface area (Å²) in [5.41, 5.74) is 1.66. The second-order valence-corrected chi connectivity index (χ2v) is 5.18. The van der Waals surface area contributed by atoms with E-state index in [0.717, 1.165) is 26.1 Å². The van der Waals surface area contributed by atoms with Crippen LogP contribution in [-0.2, 0) is 17.8 Å². The normalized spacial score (nSPS) is 17.0. The molecule has 2 N–H and O–H groups in total. The van der Waals surface area contributed by atoms with Gasteiger partial charge in [0.05, 0.1) is 19.3 Å². The molecule has 5 heteroatoms. The monoisotopic (exact) mass is 253 g/mol. The average Bonchev–Trinajstić information content (AvgIpc) is 3.00. The molecule has 0 unspecified atom stereocenters. The Labute approximate surface area is 108 Å². The quantitative estimate of drug-likeness (QED) is 0.683. The van der Waals surface area contributed by atoms with Crippen LogP contribution in [0.5, 0.6) is 0 Å². The van der Waals surface area contributed by atoms with Gasteiger partial charge in [0.25, 0.3) is 0 Å². The highest BCUT2D eigenvalue weighted by molar-refractivity contribution is 5.04. The van der Waals surface area contributed by atoms with Crippen LogP contribution < -0.4 is 5.32 Å². The summed E-state index contributed by atoms with van der Waals surface area (Å²) in [6.45, 7) is 3.46. The van der Waals surface area contributed by atoms with E-state index in [9.17, 15) is 0 Å². The second kappa shape index (κ2) is 6.31. The Morgan fingerprint density at radius 1 is 1.56 bits per heavy atom. The van der Waals surface area contributed by atoms with Gasteiger partial charge < -0.3 is 15.2 Å². The second-order valence-electron chi connectivity index (χ2n) is 5.18. The molecule has 0 aromatic carbocycles. The van der Waals surface area contributed by atoms with Gasteiger partial charge in [-0.25, -0.2) is 0 Å². The lowest BCUT2D eigenvalue weighted by molar-refractivity contribution is 0.171. The number of hydrogen-bond acceptors (Lipinski definition) is 4. The molecule has 0 bridgehead atoms. The minimum atomic E-state index is 0.134. The number of rotatable bonds is 9. The van der Waals surface area contributed by atoms with E-state index in [4.69, 9.17) is 9.84 Å². The molecule has 0 amide bonds. The van der Waals surface area contributed by atoms with Crippen molar-refractivity contribution in [2.75, 3.05) is 26.9 Å². The number of aromatic nitrogens is 2. The zero-order valence-corrected chi connectivity index (χ0v) is 11.1. The number of nitrogens with one attached hydrogen (secondary N) is 1. The van der Waals surface area contributed by atoms with E-state index in [2.05, 4.69) is 10.4 Å². The van der Waals surface area contributed by atoms with Crippen molar-refractivity contribution in [3.05, 3.63) is 18.0 Å². The molecule has 5 nitrogen and oxygen atoms in total. The van der Waals surface area contributed by atoms with E-state index < -0.39 is 0 Å². The Morgan fingerprint density at radius 3 is 3.06 bits per heavy atom. The van der Waals surface area contributed by atoms with Gasteiger partial charge >= 0.3 is 0 Å². The van der Waals surface area contributed by atoms with Gasteiger partial charge in [-0.15, -0.1) is 0 Å². The number of ether oxygens (including phenoxy) is 1. The van der Waals surface area contributed by atoms with Crippen LogP contribution in [0.15, 0.2) is 12.4 Å². The van der Waals surface area contributed by atoms with Crippen molar-refractivity contribution < 1.29 is 9.84 Å². The molecular weight excluding hydrogens is 230 g/mol. The van der Waals surface area contributed by atoms with E-state index in [1.165, 1.54) is 18.4 Å². The zero-order valence-electron chi connectivity index (χ0n) is 11.1. The van der Waals surface area contributed by atoms with Crippen molar-refractivity contribution in [3.63, 3.8) is 0 Å². The first kappa shape index (κ1) is 13.5. The number of aliphatic hydroxyl groups is 1. The fourth-order valence-corrected chi connectivity index (χ4v) is 2.20. The Kier molecular flexibility index (Phi) is 4.74. The van der Waals surface area contributed by atoms with Crippen LogP contribution in [0.3, 0.4) is 0 Å². The molecule has 1 aromatic heterocycles. The topological polar surface area (TPSA) is 59.3 Å². The van der Waals surface area contributed by atoms with Crippen LogP contribution >= 0.6 is 0 Å². The van der Waals surface area contributed by atoms with Crippen molar-refractivity contribution in [1.29, 1.82) is 0 Å². The van der Waals surface area contributed by atoms with E-state index in [0.29, 0.717) is 12.0 Å². The molecule has 102 valence electrons. The fourth-order valence-electron chi connectivity index (χ4n) is 2.20. The van der Waals surface area contributed by atoms with E-state index in [1.54, 1.807) is 11.8 Å². The summed E-state index contributed by atoms with van der Waals surface area (Å²) in [6.07, 6.45) is 7.62. The van der Waals surface area contributed by atoms with Gasteiger partial charge in [-0.05, 0) is 24.7 Å². The number of nitrogens with zero attached hydrogens (tertiary/aromatic N) is 2. The lowest BCUT2D eigenvalue weighted by Crippen LogP contribution is -2.24. The number of hydrogen-bond donors (Lipinski definition) is 2. The summed E-state index contributed by atoms with van der Waals surface area (Å²) in [7, 11) is 1.76. The largest absolute Gasteiger partial charge is 0.394 e. The molecule has 2 rings (SSSR count). The molecular formula is C13H23N3O2. The van der Waals surface area contributed by atoms with Crippen LogP contribution in [0.2, 0.25) is 0 Å². The van der Waals surface area contributed by atoms with Crippen molar-refractivity contribution >= 4 is 0 Å². The number of methoxy groups -OCH3 is 1. The first-order chi connectivity index (χ1) is 8.78. The Hall–Kier alpha value is -0.910. The van der Waals surface area contributed by atoms with Gasteiger partial charge in [0.2, 0.25) is 0 Å². The highest BCUT2D eigenvalue weighted by Crippen LogP contribution is 2.48. The predicted octanol–water partition coefficient (Wildman–Crippen LogP) is 0.782. The molecule has 1 aromatic rings. The summed E-state index contributed by atoms with van der Waals surface area (Å²) < 4.78 is 6.92. The van der Waals surface area contributed by atoms with Gasteiger partial charge in [0.1, 0.15) is 0 Å². The maximum Gasteiger partial charge on any atom is 0.0640 e. The molecule has 1 saturated carbocycles. The van der Waals surface area contributed by atoms with Crippen LogP contribution in [0.25, 0.3) is 0 Å². The first-order valence-electron chi connectivity index (χ1n) is 6.60. The van der Waals surface area contributed by atoms with Gasteiger partial charge in [-0.3, -0.25) is 4.68 Å². The highest BCUT2D eigenvalue weighted by Gasteiger charge is 2.41. The van der Waals surface area contributed by atoms with E-state index in [1.807, 2.05) is 12.4 Å². The molecule has 1 heterocycles.